The van der Waals surface area contributed by atoms with E-state index in [1.807, 2.05) is 0 Å². The smallest absolute Gasteiger partial charge is 0.307 e. The third-order valence-corrected chi connectivity index (χ3v) is 2.57. The molecule has 0 radical (unpaired) electrons. The third-order valence-electron chi connectivity index (χ3n) is 2.57. The highest BCUT2D eigenvalue weighted by molar-refractivity contribution is 5.69. The van der Waals surface area contributed by atoms with Crippen molar-refractivity contribution in [3.05, 3.63) is 0 Å². The van der Waals surface area contributed by atoms with Crippen LogP contribution in [0.25, 0.3) is 0 Å². The average Bonchev–Trinajstić information content (AvgIpc) is 2.08. The van der Waals surface area contributed by atoms with E-state index in [1.165, 1.54) is 0 Å². The van der Waals surface area contributed by atoms with Crippen LogP contribution in [0, 0.1) is 5.92 Å². The fourth-order valence-corrected chi connectivity index (χ4v) is 1.58. The fourth-order valence-electron chi connectivity index (χ4n) is 1.58. The molecule has 1 heterocycles. The topological polar surface area (TPSA) is 52.6 Å². The quantitative estimate of drug-likeness (QED) is 0.651. The van der Waals surface area contributed by atoms with Crippen molar-refractivity contribution in [2.75, 3.05) is 26.2 Å². The maximum absolute atomic E-state index is 10.6. The molecule has 1 rings (SSSR count). The lowest BCUT2D eigenvalue weighted by molar-refractivity contribution is -0.142. The first-order valence-electron chi connectivity index (χ1n) is 4.79. The number of hydrogen-bond acceptors (Lipinski definition) is 3. The van der Waals surface area contributed by atoms with Gasteiger partial charge >= 0.3 is 5.97 Å². The number of aliphatic carboxylic acids is 1. The summed E-state index contributed by atoms with van der Waals surface area (Å²) in [5, 5.41) is 12.0. The predicted octanol–water partition coefficient (Wildman–Crippen LogP) is 0.000800. The Kier molecular flexibility index (Phi) is 3.69. The van der Waals surface area contributed by atoms with Crippen LogP contribution in [0.5, 0.6) is 0 Å². The zero-order chi connectivity index (χ0) is 9.84. The van der Waals surface area contributed by atoms with Gasteiger partial charge < -0.3 is 10.4 Å². The number of carbonyl (C=O) groups is 1. The first-order valence-corrected chi connectivity index (χ1v) is 4.79. The highest BCUT2D eigenvalue weighted by Gasteiger charge is 2.22. The number of hydrogen-bond donors (Lipinski definition) is 2. The monoisotopic (exact) mass is 186 g/mol. The van der Waals surface area contributed by atoms with Gasteiger partial charge in [-0.15, -0.1) is 0 Å². The molecule has 0 aromatic rings. The summed E-state index contributed by atoms with van der Waals surface area (Å²) in [5.41, 5.74) is 0. The minimum atomic E-state index is -0.703. The second-order valence-corrected chi connectivity index (χ2v) is 3.79. The van der Waals surface area contributed by atoms with E-state index in [1.54, 1.807) is 6.92 Å². The average molecular weight is 186 g/mol. The number of carboxylic acid groups (broad SMARTS) is 1. The number of piperazine rings is 1. The highest BCUT2D eigenvalue weighted by atomic mass is 16.4. The van der Waals surface area contributed by atoms with E-state index in [4.69, 9.17) is 5.11 Å². The molecule has 1 aliphatic rings. The highest BCUT2D eigenvalue weighted by Crippen LogP contribution is 2.06. The van der Waals surface area contributed by atoms with Gasteiger partial charge in [0, 0.05) is 32.2 Å². The molecule has 0 aromatic carbocycles. The van der Waals surface area contributed by atoms with Crippen molar-refractivity contribution < 1.29 is 9.90 Å². The maximum atomic E-state index is 10.6. The van der Waals surface area contributed by atoms with Crippen molar-refractivity contribution in [1.29, 1.82) is 0 Å². The summed E-state index contributed by atoms with van der Waals surface area (Å²) in [4.78, 5) is 12.9. The molecule has 0 saturated carbocycles. The van der Waals surface area contributed by atoms with Crippen molar-refractivity contribution in [3.63, 3.8) is 0 Å². The number of nitrogens with one attached hydrogen (secondary N) is 1. The van der Waals surface area contributed by atoms with E-state index in [0.29, 0.717) is 12.6 Å². The van der Waals surface area contributed by atoms with Crippen molar-refractivity contribution in [2.24, 2.45) is 5.92 Å². The van der Waals surface area contributed by atoms with Gasteiger partial charge in [0.25, 0.3) is 0 Å². The van der Waals surface area contributed by atoms with Crippen LogP contribution in [0.3, 0.4) is 0 Å². The summed E-state index contributed by atoms with van der Waals surface area (Å²) < 4.78 is 0. The van der Waals surface area contributed by atoms with Crippen LogP contribution in [-0.2, 0) is 4.79 Å². The van der Waals surface area contributed by atoms with Gasteiger partial charge in [-0.25, -0.2) is 0 Å². The molecule has 13 heavy (non-hydrogen) atoms. The maximum Gasteiger partial charge on any atom is 0.307 e. The van der Waals surface area contributed by atoms with E-state index < -0.39 is 5.97 Å². The molecule has 4 heteroatoms. The van der Waals surface area contributed by atoms with Crippen LogP contribution in [-0.4, -0.2) is 48.2 Å². The first-order chi connectivity index (χ1) is 6.11. The Hall–Kier alpha value is -0.610. The summed E-state index contributed by atoms with van der Waals surface area (Å²) in [5.74, 6) is -0.966. The molecule has 2 atom stereocenters. The summed E-state index contributed by atoms with van der Waals surface area (Å²) >= 11 is 0. The summed E-state index contributed by atoms with van der Waals surface area (Å²) in [6.45, 7) is 7.44. The first kappa shape index (κ1) is 10.5. The number of carboxylic acids is 1. The molecular weight excluding hydrogens is 168 g/mol. The van der Waals surface area contributed by atoms with E-state index in [-0.39, 0.29) is 5.92 Å². The van der Waals surface area contributed by atoms with E-state index >= 15 is 0 Å². The van der Waals surface area contributed by atoms with E-state index in [0.717, 1.165) is 19.6 Å². The lowest BCUT2D eigenvalue weighted by Gasteiger charge is -2.34. The Labute approximate surface area is 78.9 Å². The van der Waals surface area contributed by atoms with Crippen molar-refractivity contribution in [2.45, 2.75) is 19.9 Å². The Bertz CT molecular complexity index is 184. The number of rotatable bonds is 3. The molecule has 4 nitrogen and oxygen atoms in total. The van der Waals surface area contributed by atoms with Crippen LogP contribution in [0.2, 0.25) is 0 Å². The van der Waals surface area contributed by atoms with Crippen LogP contribution in [0.1, 0.15) is 13.8 Å². The molecular formula is C9H18N2O2. The zero-order valence-electron chi connectivity index (χ0n) is 8.29. The SMILES string of the molecule is CC(CN1CCNCC1C)C(=O)O. The molecule has 0 aromatic heterocycles. The number of nitrogens with zero attached hydrogens (tertiary/aromatic N) is 1. The van der Waals surface area contributed by atoms with Gasteiger partial charge in [0.15, 0.2) is 0 Å². The van der Waals surface area contributed by atoms with Gasteiger partial charge in [-0.05, 0) is 6.92 Å². The van der Waals surface area contributed by atoms with Crippen LogP contribution < -0.4 is 5.32 Å². The fraction of sp³-hybridized carbons (Fsp3) is 0.889. The minimum Gasteiger partial charge on any atom is -0.481 e. The van der Waals surface area contributed by atoms with Gasteiger partial charge in [-0.1, -0.05) is 6.92 Å². The molecule has 1 saturated heterocycles. The second kappa shape index (κ2) is 4.58. The Morgan fingerprint density at radius 3 is 3.00 bits per heavy atom. The summed E-state index contributed by atoms with van der Waals surface area (Å²) in [7, 11) is 0. The summed E-state index contributed by atoms with van der Waals surface area (Å²) in [6, 6.07) is 0.454. The molecule has 0 spiro atoms. The molecule has 1 fully saturated rings. The second-order valence-electron chi connectivity index (χ2n) is 3.79. The Morgan fingerprint density at radius 1 is 1.77 bits per heavy atom. The van der Waals surface area contributed by atoms with Gasteiger partial charge in [-0.2, -0.15) is 0 Å². The van der Waals surface area contributed by atoms with Crippen LogP contribution >= 0.6 is 0 Å². The molecule has 76 valence electrons. The van der Waals surface area contributed by atoms with Crippen molar-refractivity contribution >= 4 is 5.97 Å². The van der Waals surface area contributed by atoms with E-state index in [2.05, 4.69) is 17.1 Å². The molecule has 0 amide bonds. The molecule has 2 unspecified atom stereocenters. The molecule has 1 aliphatic heterocycles. The normalized spacial score (nSPS) is 27.1. The van der Waals surface area contributed by atoms with Crippen molar-refractivity contribution in [3.8, 4) is 0 Å². The van der Waals surface area contributed by atoms with Gasteiger partial charge in [0.05, 0.1) is 5.92 Å². The van der Waals surface area contributed by atoms with Crippen molar-refractivity contribution in [1.82, 2.24) is 10.2 Å². The van der Waals surface area contributed by atoms with Crippen LogP contribution in [0.4, 0.5) is 0 Å². The van der Waals surface area contributed by atoms with Crippen LogP contribution in [0.15, 0.2) is 0 Å². The minimum absolute atomic E-state index is 0.263. The standard InChI is InChI=1S/C9H18N2O2/c1-7(9(12)13)6-11-4-3-10-5-8(11)2/h7-8,10H,3-6H2,1-2H3,(H,12,13). The van der Waals surface area contributed by atoms with Gasteiger partial charge in [0.2, 0.25) is 0 Å². The molecule has 0 bridgehead atoms. The summed E-state index contributed by atoms with van der Waals surface area (Å²) in [6.07, 6.45) is 0. The van der Waals surface area contributed by atoms with Gasteiger partial charge in [-0.3, -0.25) is 9.69 Å². The third kappa shape index (κ3) is 2.97. The largest absolute Gasteiger partial charge is 0.481 e. The zero-order valence-corrected chi connectivity index (χ0v) is 8.29. The molecule has 0 aliphatic carbocycles. The van der Waals surface area contributed by atoms with Gasteiger partial charge in [0.1, 0.15) is 0 Å². The van der Waals surface area contributed by atoms with E-state index in [9.17, 15) is 4.79 Å². The predicted molar refractivity (Wildman–Crippen MR) is 50.7 cm³/mol. The Morgan fingerprint density at radius 2 is 2.46 bits per heavy atom. The molecule has 2 N–H and O–H groups in total. The lowest BCUT2D eigenvalue weighted by Crippen LogP contribution is -2.51. The lowest BCUT2D eigenvalue weighted by atomic mass is 10.1. The Balaban J connectivity index is 2.37.